The van der Waals surface area contributed by atoms with E-state index in [0.717, 1.165) is 0 Å². The van der Waals surface area contributed by atoms with E-state index in [1.165, 1.54) is 6.92 Å². The highest BCUT2D eigenvalue weighted by Gasteiger charge is 1.83. The van der Waals surface area contributed by atoms with Crippen LogP contribution in [0.1, 0.15) is 6.92 Å². The Hall–Kier alpha value is -0.143. The summed E-state index contributed by atoms with van der Waals surface area (Å²) in [7, 11) is -1.13. The van der Waals surface area contributed by atoms with Crippen molar-refractivity contribution >= 4 is 8.68 Å². The van der Waals surface area contributed by atoms with Crippen molar-refractivity contribution in [3.8, 4) is 0 Å². The fourth-order valence-corrected chi connectivity index (χ4v) is 0. The minimum Gasteiger partial charge on any atom is -0.394 e. The Bertz CT molecular complexity index is 90.9. The lowest BCUT2D eigenvalue weighted by molar-refractivity contribution is 0.110. The minimum absolute atomic E-state index is 0.125. The van der Waals surface area contributed by atoms with Gasteiger partial charge in [0.05, 0.1) is 25.9 Å². The smallest absolute Gasteiger partial charge is 0.270 e. The van der Waals surface area contributed by atoms with E-state index in [0.29, 0.717) is 0 Å². The second-order valence-electron chi connectivity index (χ2n) is 2.39. The van der Waals surface area contributed by atoms with E-state index in [-0.39, 0.29) is 19.8 Å². The highest BCUT2D eigenvalue weighted by Crippen LogP contribution is 1.68. The normalized spacial score (nSPS) is 10.1. The van der Waals surface area contributed by atoms with Crippen molar-refractivity contribution in [2.75, 3.05) is 19.8 Å². The third-order valence-electron chi connectivity index (χ3n) is 0.364. The molecule has 0 amide bonds. The van der Waals surface area contributed by atoms with Crippen molar-refractivity contribution in [2.24, 2.45) is 0 Å². The van der Waals surface area contributed by atoms with Gasteiger partial charge in [0.15, 0.2) is 0 Å². The van der Waals surface area contributed by atoms with Gasteiger partial charge in [-0.15, -0.1) is 0 Å². The van der Waals surface area contributed by atoms with Crippen molar-refractivity contribution in [2.45, 2.75) is 26.1 Å². The maximum Gasteiger partial charge on any atom is 0.270 e. The van der Waals surface area contributed by atoms with Crippen LogP contribution in [0.15, 0.2) is 0 Å². The number of aliphatic hydroxyl groups is 4. The largest absolute Gasteiger partial charge is 0.394 e. The van der Waals surface area contributed by atoms with E-state index < -0.39 is 14.8 Å². The SMILES string of the molecule is CC(O)CO.C[Si](C)=O.OCCO. The van der Waals surface area contributed by atoms with Gasteiger partial charge >= 0.3 is 0 Å². The van der Waals surface area contributed by atoms with E-state index >= 15 is 0 Å². The first-order valence-electron chi connectivity index (χ1n) is 3.90. The number of aliphatic hydroxyl groups excluding tert-OH is 4. The Morgan fingerprint density at radius 1 is 1.15 bits per heavy atom. The first kappa shape index (κ1) is 18.6. The molecule has 0 aromatic heterocycles. The van der Waals surface area contributed by atoms with Crippen LogP contribution in [0.2, 0.25) is 13.1 Å². The Labute approximate surface area is 80.3 Å². The summed E-state index contributed by atoms with van der Waals surface area (Å²) >= 11 is 0. The van der Waals surface area contributed by atoms with E-state index in [9.17, 15) is 4.46 Å². The van der Waals surface area contributed by atoms with Gasteiger partial charge in [-0.1, -0.05) is 0 Å². The average molecular weight is 212 g/mol. The zero-order valence-electron chi connectivity index (χ0n) is 8.40. The molecule has 0 aliphatic rings. The molecule has 0 bridgehead atoms. The van der Waals surface area contributed by atoms with Crippen LogP contribution in [0, 0.1) is 0 Å². The van der Waals surface area contributed by atoms with Crippen LogP contribution in [0.4, 0.5) is 0 Å². The maximum atomic E-state index is 9.63. The molecule has 13 heavy (non-hydrogen) atoms. The number of hydrogen-bond donors (Lipinski definition) is 4. The van der Waals surface area contributed by atoms with Crippen LogP contribution >= 0.6 is 0 Å². The minimum atomic E-state index is -1.13. The van der Waals surface area contributed by atoms with Crippen molar-refractivity contribution in [1.82, 2.24) is 0 Å². The molecule has 0 fully saturated rings. The van der Waals surface area contributed by atoms with Gasteiger partial charge in [-0.05, 0) is 20.0 Å². The van der Waals surface area contributed by atoms with Crippen molar-refractivity contribution in [1.29, 1.82) is 0 Å². The summed E-state index contributed by atoms with van der Waals surface area (Å²) in [6.07, 6.45) is -0.560. The molecule has 82 valence electrons. The molecule has 1 atom stereocenters. The molecule has 6 heteroatoms. The van der Waals surface area contributed by atoms with Crippen LogP contribution in [0.25, 0.3) is 0 Å². The summed E-state index contributed by atoms with van der Waals surface area (Å²) in [5, 5.41) is 31.3. The van der Waals surface area contributed by atoms with Crippen molar-refractivity contribution in [3.63, 3.8) is 0 Å². The van der Waals surface area contributed by atoms with Gasteiger partial charge in [0.2, 0.25) is 0 Å². The van der Waals surface area contributed by atoms with Crippen LogP contribution in [0.5, 0.6) is 0 Å². The van der Waals surface area contributed by atoms with Gasteiger partial charge in [-0.3, -0.25) is 0 Å². The topological polar surface area (TPSA) is 98.0 Å². The molecule has 4 N–H and O–H groups in total. The van der Waals surface area contributed by atoms with E-state index in [4.69, 9.17) is 20.4 Å². The second-order valence-corrected chi connectivity index (χ2v) is 4.20. The Kier molecular flexibility index (Phi) is 25.5. The number of hydrogen-bond acceptors (Lipinski definition) is 5. The molecule has 5 nitrogen and oxygen atoms in total. The summed E-state index contributed by atoms with van der Waals surface area (Å²) < 4.78 is 9.63. The Balaban J connectivity index is -0.000000117. The zero-order valence-corrected chi connectivity index (χ0v) is 9.40. The first-order chi connectivity index (χ1) is 5.92. The lowest BCUT2D eigenvalue weighted by Crippen LogP contribution is -2.03. The molecular formula is C7H20O5Si. The monoisotopic (exact) mass is 212 g/mol. The van der Waals surface area contributed by atoms with E-state index in [1.54, 1.807) is 13.1 Å². The zero-order chi connectivity index (χ0) is 11.3. The van der Waals surface area contributed by atoms with E-state index in [1.807, 2.05) is 0 Å². The van der Waals surface area contributed by atoms with Crippen LogP contribution in [-0.2, 0) is 4.46 Å². The van der Waals surface area contributed by atoms with Gasteiger partial charge in [0, 0.05) is 0 Å². The molecule has 0 aliphatic carbocycles. The van der Waals surface area contributed by atoms with Gasteiger partial charge in [0.25, 0.3) is 8.68 Å². The summed E-state index contributed by atoms with van der Waals surface area (Å²) in [5.74, 6) is 0. The third kappa shape index (κ3) is 141. The number of rotatable bonds is 2. The highest BCUT2D eigenvalue weighted by molar-refractivity contribution is 6.38. The van der Waals surface area contributed by atoms with Crippen LogP contribution in [-0.4, -0.2) is 55.0 Å². The lowest BCUT2D eigenvalue weighted by Gasteiger charge is -1.90. The molecule has 0 saturated heterocycles. The van der Waals surface area contributed by atoms with Crippen molar-refractivity contribution < 1.29 is 24.9 Å². The molecule has 1 unspecified atom stereocenters. The van der Waals surface area contributed by atoms with Crippen LogP contribution < -0.4 is 0 Å². The highest BCUT2D eigenvalue weighted by atomic mass is 28.2. The summed E-state index contributed by atoms with van der Waals surface area (Å²) in [6, 6.07) is 0. The standard InChI is InChI=1S/C3H8O2.C2H6O2.C2H6OSi/c1-3(5)2-4;3-1-2-4;1-4(2)3/h3-5H,2H2,1H3;3-4H,1-2H2;1-2H3. The molecule has 0 rings (SSSR count). The van der Waals surface area contributed by atoms with Crippen LogP contribution in [0.3, 0.4) is 0 Å². The first-order valence-corrected chi connectivity index (χ1v) is 6.30. The Morgan fingerprint density at radius 3 is 1.31 bits per heavy atom. The molecule has 0 spiro atoms. The molecule has 0 radical (unpaired) electrons. The predicted molar refractivity (Wildman–Crippen MR) is 51.1 cm³/mol. The molecule has 0 heterocycles. The van der Waals surface area contributed by atoms with Gasteiger partial charge in [-0.25, -0.2) is 0 Å². The molecule has 0 aromatic carbocycles. The summed E-state index contributed by atoms with van der Waals surface area (Å²) in [6.45, 7) is 4.56. The third-order valence-corrected chi connectivity index (χ3v) is 0.364. The quantitative estimate of drug-likeness (QED) is 0.440. The van der Waals surface area contributed by atoms with Crippen molar-refractivity contribution in [3.05, 3.63) is 0 Å². The molecule has 0 saturated carbocycles. The maximum absolute atomic E-state index is 9.63. The summed E-state index contributed by atoms with van der Waals surface area (Å²) in [5.41, 5.74) is 0. The van der Waals surface area contributed by atoms with E-state index in [2.05, 4.69) is 0 Å². The Morgan fingerprint density at radius 2 is 1.31 bits per heavy atom. The predicted octanol–water partition coefficient (Wildman–Crippen LogP) is -1.00. The second kappa shape index (κ2) is 17.8. The van der Waals surface area contributed by atoms with Gasteiger partial charge in [-0.2, -0.15) is 0 Å². The van der Waals surface area contributed by atoms with Gasteiger partial charge in [0.1, 0.15) is 0 Å². The lowest BCUT2D eigenvalue weighted by atomic mass is 10.5. The van der Waals surface area contributed by atoms with Gasteiger partial charge < -0.3 is 24.9 Å². The fourth-order valence-electron chi connectivity index (χ4n) is 0. The molecule has 0 aromatic rings. The fraction of sp³-hybridized carbons (Fsp3) is 1.00. The summed E-state index contributed by atoms with van der Waals surface area (Å²) in [4.78, 5) is 0. The molecule has 0 aliphatic heterocycles. The average Bonchev–Trinajstić information content (AvgIpc) is 2.04. The molecular weight excluding hydrogens is 192 g/mol.